The summed E-state index contributed by atoms with van der Waals surface area (Å²) in [6.07, 6.45) is 4.33. The molecule has 0 saturated heterocycles. The second-order valence-corrected chi connectivity index (χ2v) is 7.91. The number of aromatic carboxylic acids is 1. The van der Waals surface area contributed by atoms with E-state index < -0.39 is 5.97 Å². The lowest BCUT2D eigenvalue weighted by Crippen LogP contribution is -2.02. The van der Waals surface area contributed by atoms with Crippen molar-refractivity contribution < 1.29 is 19.1 Å². The Morgan fingerprint density at radius 3 is 2.52 bits per heavy atom. The van der Waals surface area contributed by atoms with Crippen molar-refractivity contribution in [2.45, 2.75) is 27.7 Å². The van der Waals surface area contributed by atoms with E-state index in [0.29, 0.717) is 27.4 Å². The standard InChI is InChI=1S/C14H14FNO2S.C6H4N2OS.C2H6/c1-7-4-5-9(12(15)8(7)2)10-6-19-13(16-3)11(10)14(17)18;9-4-5-3-8-1-2-10-6(8)7-5;1-2/h4-6,16H,1-3H3,(H,17,18);1-4H;1-2H3. The molecular formula is C22H24FN3O3S2. The number of aryl methyl sites for hydroxylation is 1. The zero-order chi connectivity index (χ0) is 23.1. The van der Waals surface area contributed by atoms with Gasteiger partial charge in [-0.2, -0.15) is 0 Å². The maximum atomic E-state index is 14.3. The Hall–Kier alpha value is -3.04. The lowest BCUT2D eigenvalue weighted by molar-refractivity contribution is 0.0699. The number of carbonyl (C=O) groups is 2. The monoisotopic (exact) mass is 461 g/mol. The number of imidazole rings is 1. The average Bonchev–Trinajstić information content (AvgIpc) is 3.48. The fourth-order valence-corrected chi connectivity index (χ4v) is 4.37. The zero-order valence-corrected chi connectivity index (χ0v) is 19.5. The van der Waals surface area contributed by atoms with Gasteiger partial charge in [-0.1, -0.05) is 26.0 Å². The van der Waals surface area contributed by atoms with Gasteiger partial charge in [0, 0.05) is 41.3 Å². The number of halogens is 1. The quantitative estimate of drug-likeness (QED) is 0.356. The predicted octanol–water partition coefficient (Wildman–Crippen LogP) is 6.15. The smallest absolute Gasteiger partial charge is 0.339 e. The summed E-state index contributed by atoms with van der Waals surface area (Å²) in [5.74, 6) is -1.42. The van der Waals surface area contributed by atoms with Crippen LogP contribution in [0.5, 0.6) is 0 Å². The molecule has 3 heterocycles. The first-order valence-corrected chi connectivity index (χ1v) is 11.3. The molecule has 9 heteroatoms. The molecule has 0 aliphatic rings. The minimum Gasteiger partial charge on any atom is -0.478 e. The Morgan fingerprint density at radius 2 is 1.94 bits per heavy atom. The molecule has 0 spiro atoms. The molecular weight excluding hydrogens is 437 g/mol. The van der Waals surface area contributed by atoms with Gasteiger partial charge in [-0.25, -0.2) is 14.2 Å². The molecule has 0 aliphatic carbocycles. The van der Waals surface area contributed by atoms with Gasteiger partial charge in [0.15, 0.2) is 11.2 Å². The predicted molar refractivity (Wildman–Crippen MR) is 125 cm³/mol. The van der Waals surface area contributed by atoms with Crippen LogP contribution in [0.15, 0.2) is 35.3 Å². The number of nitrogens with one attached hydrogen (secondary N) is 1. The number of nitrogens with zero attached hydrogens (tertiary/aromatic N) is 2. The lowest BCUT2D eigenvalue weighted by atomic mass is 9.98. The maximum Gasteiger partial charge on any atom is 0.339 e. The Balaban J connectivity index is 0.000000237. The van der Waals surface area contributed by atoms with Gasteiger partial charge in [0.25, 0.3) is 0 Å². The number of anilines is 1. The lowest BCUT2D eigenvalue weighted by Gasteiger charge is -2.08. The van der Waals surface area contributed by atoms with E-state index in [1.165, 1.54) is 22.7 Å². The summed E-state index contributed by atoms with van der Waals surface area (Å²) in [5, 5.41) is 16.2. The fraction of sp³-hybridized carbons (Fsp3) is 0.227. The Labute approximate surface area is 188 Å². The summed E-state index contributed by atoms with van der Waals surface area (Å²) in [6.45, 7) is 7.52. The highest BCUT2D eigenvalue weighted by Crippen LogP contribution is 2.37. The van der Waals surface area contributed by atoms with Crippen molar-refractivity contribution in [2.75, 3.05) is 12.4 Å². The topological polar surface area (TPSA) is 83.7 Å². The summed E-state index contributed by atoms with van der Waals surface area (Å²) >= 11 is 2.78. The number of fused-ring (bicyclic) bond motifs is 1. The Bertz CT molecular complexity index is 1170. The number of carboxylic acid groups (broad SMARTS) is 1. The number of aldehydes is 1. The molecule has 0 unspecified atom stereocenters. The molecule has 6 nitrogen and oxygen atoms in total. The summed E-state index contributed by atoms with van der Waals surface area (Å²) in [5.41, 5.74) is 2.76. The van der Waals surface area contributed by atoms with Crippen molar-refractivity contribution in [2.24, 2.45) is 0 Å². The molecule has 2 N–H and O–H groups in total. The molecule has 0 atom stereocenters. The first kappa shape index (κ1) is 24.2. The normalized spacial score (nSPS) is 10.0. The third-order valence-electron chi connectivity index (χ3n) is 4.41. The number of carbonyl (C=O) groups excluding carboxylic acids is 1. The first-order valence-electron chi connectivity index (χ1n) is 9.53. The largest absolute Gasteiger partial charge is 0.478 e. The molecule has 0 bridgehead atoms. The number of carboxylic acids is 1. The number of thiophene rings is 1. The molecule has 0 saturated carbocycles. The minimum absolute atomic E-state index is 0.120. The minimum atomic E-state index is -1.06. The van der Waals surface area contributed by atoms with Crippen LogP contribution in [0.25, 0.3) is 16.1 Å². The molecule has 4 aromatic rings. The molecule has 164 valence electrons. The molecule has 31 heavy (non-hydrogen) atoms. The third kappa shape index (κ3) is 5.18. The van der Waals surface area contributed by atoms with Crippen LogP contribution >= 0.6 is 22.7 Å². The van der Waals surface area contributed by atoms with Crippen LogP contribution in [-0.4, -0.2) is 33.8 Å². The van der Waals surface area contributed by atoms with Crippen molar-refractivity contribution in [3.8, 4) is 11.1 Å². The van der Waals surface area contributed by atoms with Gasteiger partial charge in [-0.15, -0.1) is 22.7 Å². The van der Waals surface area contributed by atoms with E-state index in [-0.39, 0.29) is 11.4 Å². The number of rotatable bonds is 4. The van der Waals surface area contributed by atoms with Gasteiger partial charge in [0.1, 0.15) is 22.1 Å². The highest BCUT2D eigenvalue weighted by Gasteiger charge is 2.21. The Morgan fingerprint density at radius 1 is 1.23 bits per heavy atom. The summed E-state index contributed by atoms with van der Waals surface area (Å²) < 4.78 is 16.1. The van der Waals surface area contributed by atoms with Gasteiger partial charge in [-0.05, 0) is 25.0 Å². The number of hydrogen-bond acceptors (Lipinski definition) is 6. The number of hydrogen-bond donors (Lipinski definition) is 2. The molecule has 0 amide bonds. The zero-order valence-electron chi connectivity index (χ0n) is 17.9. The van der Waals surface area contributed by atoms with E-state index in [9.17, 15) is 19.1 Å². The maximum absolute atomic E-state index is 14.3. The van der Waals surface area contributed by atoms with Crippen molar-refractivity contribution in [1.82, 2.24) is 9.38 Å². The third-order valence-corrected chi connectivity index (χ3v) is 6.18. The second kappa shape index (κ2) is 10.8. The molecule has 0 radical (unpaired) electrons. The number of aromatic nitrogens is 2. The SMILES string of the molecule is CC.CNc1scc(-c2ccc(C)c(C)c2F)c1C(=O)O.O=Cc1cn2ccsc2n1. The van der Waals surface area contributed by atoms with E-state index in [0.717, 1.165) is 16.8 Å². The van der Waals surface area contributed by atoms with E-state index in [1.54, 1.807) is 37.7 Å². The van der Waals surface area contributed by atoms with Gasteiger partial charge < -0.3 is 10.4 Å². The van der Waals surface area contributed by atoms with E-state index in [4.69, 9.17) is 0 Å². The Kier molecular flexibility index (Phi) is 8.47. The molecule has 4 rings (SSSR count). The van der Waals surface area contributed by atoms with Crippen molar-refractivity contribution >= 4 is 44.9 Å². The van der Waals surface area contributed by atoms with E-state index >= 15 is 0 Å². The number of thiazole rings is 1. The van der Waals surface area contributed by atoms with Gasteiger partial charge in [-0.3, -0.25) is 9.20 Å². The van der Waals surface area contributed by atoms with Crippen molar-refractivity contribution in [3.05, 3.63) is 63.5 Å². The van der Waals surface area contributed by atoms with Crippen LogP contribution in [-0.2, 0) is 0 Å². The van der Waals surface area contributed by atoms with Gasteiger partial charge in [0.05, 0.1) is 0 Å². The fourth-order valence-electron chi connectivity index (χ4n) is 2.74. The highest BCUT2D eigenvalue weighted by atomic mass is 32.1. The molecule has 0 fully saturated rings. The molecule has 1 aromatic carbocycles. The highest BCUT2D eigenvalue weighted by molar-refractivity contribution is 7.15. The molecule has 3 aromatic heterocycles. The van der Waals surface area contributed by atoms with Crippen LogP contribution in [0.2, 0.25) is 0 Å². The molecule has 0 aliphatic heterocycles. The van der Waals surface area contributed by atoms with Crippen LogP contribution in [0, 0.1) is 19.7 Å². The van der Waals surface area contributed by atoms with Gasteiger partial charge >= 0.3 is 5.97 Å². The summed E-state index contributed by atoms with van der Waals surface area (Å²) in [7, 11) is 1.65. The second-order valence-electron chi connectivity index (χ2n) is 6.15. The van der Waals surface area contributed by atoms with Crippen LogP contribution in [0.1, 0.15) is 45.8 Å². The van der Waals surface area contributed by atoms with Crippen LogP contribution in [0.4, 0.5) is 9.39 Å². The first-order chi connectivity index (χ1) is 14.9. The summed E-state index contributed by atoms with van der Waals surface area (Å²) in [4.78, 5) is 26.4. The average molecular weight is 462 g/mol. The van der Waals surface area contributed by atoms with Crippen molar-refractivity contribution in [3.63, 3.8) is 0 Å². The van der Waals surface area contributed by atoms with E-state index in [2.05, 4.69) is 10.3 Å². The van der Waals surface area contributed by atoms with E-state index in [1.807, 2.05) is 36.7 Å². The van der Waals surface area contributed by atoms with Crippen molar-refractivity contribution in [1.29, 1.82) is 0 Å². The number of benzene rings is 1. The van der Waals surface area contributed by atoms with Crippen LogP contribution < -0.4 is 5.32 Å². The van der Waals surface area contributed by atoms with Crippen LogP contribution in [0.3, 0.4) is 0 Å². The van der Waals surface area contributed by atoms with Gasteiger partial charge in [0.2, 0.25) is 0 Å². The summed E-state index contributed by atoms with van der Waals surface area (Å²) in [6, 6.07) is 3.43.